The molecule has 6 heteroatoms. The van der Waals surface area contributed by atoms with E-state index in [-0.39, 0.29) is 6.04 Å². The van der Waals surface area contributed by atoms with Crippen molar-refractivity contribution in [2.75, 3.05) is 32.8 Å². The maximum absolute atomic E-state index is 6.62. The third-order valence-corrected chi connectivity index (χ3v) is 5.62. The fourth-order valence-electron chi connectivity index (χ4n) is 3.43. The molecule has 0 bridgehead atoms. The standard InChI is InChI=1S/C20H23BrCl2N2O/c1-2-26-19-7-4-14(21)12-17(19)20(25-10-3-8-24-9-11-25)16-6-5-15(22)13-18(16)23/h4-7,12-13,20,24H,2-3,8-11H2,1H3. The minimum Gasteiger partial charge on any atom is -0.494 e. The Balaban J connectivity index is 2.12. The van der Waals surface area contributed by atoms with E-state index in [2.05, 4.69) is 32.2 Å². The molecule has 0 aromatic heterocycles. The topological polar surface area (TPSA) is 24.5 Å². The van der Waals surface area contributed by atoms with Crippen LogP contribution in [-0.4, -0.2) is 37.7 Å². The van der Waals surface area contributed by atoms with Gasteiger partial charge in [0.2, 0.25) is 0 Å². The summed E-state index contributed by atoms with van der Waals surface area (Å²) in [6, 6.07) is 11.9. The molecule has 3 nitrogen and oxygen atoms in total. The summed E-state index contributed by atoms with van der Waals surface area (Å²) in [7, 11) is 0. The lowest BCUT2D eigenvalue weighted by molar-refractivity contribution is 0.233. The molecule has 1 aliphatic heterocycles. The molecule has 26 heavy (non-hydrogen) atoms. The molecule has 1 aliphatic rings. The summed E-state index contributed by atoms with van der Waals surface area (Å²) in [4.78, 5) is 2.47. The van der Waals surface area contributed by atoms with Gasteiger partial charge in [0.1, 0.15) is 5.75 Å². The fraction of sp³-hybridized carbons (Fsp3) is 0.400. The molecule has 0 radical (unpaired) electrons. The van der Waals surface area contributed by atoms with Crippen LogP contribution in [0, 0.1) is 0 Å². The highest BCUT2D eigenvalue weighted by Gasteiger charge is 2.28. The highest BCUT2D eigenvalue weighted by atomic mass is 79.9. The van der Waals surface area contributed by atoms with E-state index in [4.69, 9.17) is 27.9 Å². The average Bonchev–Trinajstić information content (AvgIpc) is 2.89. The van der Waals surface area contributed by atoms with Gasteiger partial charge in [0.25, 0.3) is 0 Å². The molecule has 140 valence electrons. The summed E-state index contributed by atoms with van der Waals surface area (Å²) in [5.74, 6) is 0.893. The number of hydrogen-bond acceptors (Lipinski definition) is 3. The normalized spacial score (nSPS) is 16.9. The summed E-state index contributed by atoms with van der Waals surface area (Å²) in [5.41, 5.74) is 2.17. The van der Waals surface area contributed by atoms with E-state index in [9.17, 15) is 0 Å². The molecule has 1 N–H and O–H groups in total. The lowest BCUT2D eigenvalue weighted by Gasteiger charge is -2.33. The van der Waals surface area contributed by atoms with Crippen LogP contribution in [0.15, 0.2) is 40.9 Å². The lowest BCUT2D eigenvalue weighted by Crippen LogP contribution is -2.33. The molecule has 1 heterocycles. The number of halogens is 3. The van der Waals surface area contributed by atoms with Crippen molar-refractivity contribution in [1.29, 1.82) is 0 Å². The maximum atomic E-state index is 6.62. The van der Waals surface area contributed by atoms with Gasteiger partial charge in [-0.15, -0.1) is 0 Å². The van der Waals surface area contributed by atoms with E-state index in [1.54, 1.807) is 0 Å². The number of nitrogens with zero attached hydrogens (tertiary/aromatic N) is 1. The van der Waals surface area contributed by atoms with Gasteiger partial charge in [0.05, 0.1) is 12.6 Å². The van der Waals surface area contributed by atoms with E-state index in [1.165, 1.54) is 0 Å². The number of ether oxygens (including phenoxy) is 1. The molecule has 0 aliphatic carbocycles. The van der Waals surface area contributed by atoms with Crippen molar-refractivity contribution in [1.82, 2.24) is 10.2 Å². The molecule has 2 aromatic rings. The van der Waals surface area contributed by atoms with Gasteiger partial charge < -0.3 is 10.1 Å². The van der Waals surface area contributed by atoms with Crippen LogP contribution in [0.25, 0.3) is 0 Å². The molecule has 1 fully saturated rings. The van der Waals surface area contributed by atoms with Crippen LogP contribution < -0.4 is 10.1 Å². The van der Waals surface area contributed by atoms with Gasteiger partial charge in [0.15, 0.2) is 0 Å². The second-order valence-electron chi connectivity index (χ2n) is 6.32. The number of hydrogen-bond donors (Lipinski definition) is 1. The average molecular weight is 458 g/mol. The Morgan fingerprint density at radius 1 is 1.12 bits per heavy atom. The second-order valence-corrected chi connectivity index (χ2v) is 8.08. The Morgan fingerprint density at radius 3 is 2.73 bits per heavy atom. The van der Waals surface area contributed by atoms with Crippen molar-refractivity contribution in [3.63, 3.8) is 0 Å². The van der Waals surface area contributed by atoms with Gasteiger partial charge in [0, 0.05) is 39.7 Å². The van der Waals surface area contributed by atoms with Gasteiger partial charge in [-0.05, 0) is 55.8 Å². The van der Waals surface area contributed by atoms with Crippen molar-refractivity contribution in [3.8, 4) is 5.75 Å². The Kier molecular flexibility index (Phi) is 7.24. The molecule has 0 amide bonds. The summed E-state index contributed by atoms with van der Waals surface area (Å²) in [6.45, 7) is 6.56. The van der Waals surface area contributed by atoms with E-state index >= 15 is 0 Å². The van der Waals surface area contributed by atoms with Crippen molar-refractivity contribution in [3.05, 3.63) is 62.0 Å². The summed E-state index contributed by atoms with van der Waals surface area (Å²) in [6.07, 6.45) is 1.10. The van der Waals surface area contributed by atoms with Gasteiger partial charge in [-0.2, -0.15) is 0 Å². The van der Waals surface area contributed by atoms with Gasteiger partial charge in [-0.3, -0.25) is 4.90 Å². The SMILES string of the molecule is CCOc1ccc(Br)cc1C(c1ccc(Cl)cc1Cl)N1CCCNCC1. The van der Waals surface area contributed by atoms with Crippen LogP contribution in [0.1, 0.15) is 30.5 Å². The van der Waals surface area contributed by atoms with Crippen LogP contribution >= 0.6 is 39.1 Å². The first kappa shape index (κ1) is 20.0. The zero-order chi connectivity index (χ0) is 18.5. The maximum Gasteiger partial charge on any atom is 0.124 e. The number of nitrogens with one attached hydrogen (secondary N) is 1. The summed E-state index contributed by atoms with van der Waals surface area (Å²) < 4.78 is 6.97. The van der Waals surface area contributed by atoms with Gasteiger partial charge in [-0.25, -0.2) is 0 Å². The number of benzene rings is 2. The first-order valence-corrected chi connectivity index (χ1v) is 10.5. The Bertz CT molecular complexity index is 749. The molecule has 2 aromatic carbocycles. The van der Waals surface area contributed by atoms with E-state index in [0.29, 0.717) is 16.7 Å². The van der Waals surface area contributed by atoms with E-state index in [0.717, 1.165) is 53.9 Å². The van der Waals surface area contributed by atoms with Crippen LogP contribution in [0.3, 0.4) is 0 Å². The molecular formula is C20H23BrCl2N2O. The molecule has 1 unspecified atom stereocenters. The van der Waals surface area contributed by atoms with Gasteiger partial charge >= 0.3 is 0 Å². The minimum atomic E-state index is 0.0127. The second kappa shape index (κ2) is 9.43. The van der Waals surface area contributed by atoms with Crippen molar-refractivity contribution < 1.29 is 4.74 Å². The smallest absolute Gasteiger partial charge is 0.124 e. The monoisotopic (exact) mass is 456 g/mol. The van der Waals surface area contributed by atoms with Crippen molar-refractivity contribution in [2.24, 2.45) is 0 Å². The molecule has 1 saturated heterocycles. The van der Waals surface area contributed by atoms with Gasteiger partial charge in [-0.1, -0.05) is 45.2 Å². The van der Waals surface area contributed by atoms with Crippen LogP contribution in [-0.2, 0) is 0 Å². The number of rotatable bonds is 5. The summed E-state index contributed by atoms with van der Waals surface area (Å²) >= 11 is 16.4. The predicted molar refractivity (Wildman–Crippen MR) is 113 cm³/mol. The Hall–Kier alpha value is -0.780. The molecule has 1 atom stereocenters. The highest BCUT2D eigenvalue weighted by molar-refractivity contribution is 9.10. The molecule has 3 rings (SSSR count). The Morgan fingerprint density at radius 2 is 1.96 bits per heavy atom. The highest BCUT2D eigenvalue weighted by Crippen LogP contribution is 2.40. The first-order valence-electron chi connectivity index (χ1n) is 8.92. The third kappa shape index (κ3) is 4.73. The Labute approximate surface area is 173 Å². The fourth-order valence-corrected chi connectivity index (χ4v) is 4.32. The zero-order valence-corrected chi connectivity index (χ0v) is 17.9. The van der Waals surface area contributed by atoms with E-state index in [1.807, 2.05) is 37.3 Å². The summed E-state index contributed by atoms with van der Waals surface area (Å²) in [5, 5.41) is 4.80. The molecule has 0 saturated carbocycles. The molecular weight excluding hydrogens is 435 g/mol. The first-order chi connectivity index (χ1) is 12.6. The molecule has 0 spiro atoms. The predicted octanol–water partition coefficient (Wildman–Crippen LogP) is 5.54. The zero-order valence-electron chi connectivity index (χ0n) is 14.8. The van der Waals surface area contributed by atoms with Crippen LogP contribution in [0.2, 0.25) is 10.0 Å². The minimum absolute atomic E-state index is 0.0127. The van der Waals surface area contributed by atoms with Crippen molar-refractivity contribution >= 4 is 39.1 Å². The van der Waals surface area contributed by atoms with Crippen LogP contribution in [0.4, 0.5) is 0 Å². The van der Waals surface area contributed by atoms with E-state index < -0.39 is 0 Å². The van der Waals surface area contributed by atoms with Crippen molar-refractivity contribution in [2.45, 2.75) is 19.4 Å². The quantitative estimate of drug-likeness (QED) is 0.637. The van der Waals surface area contributed by atoms with Crippen LogP contribution in [0.5, 0.6) is 5.75 Å². The third-order valence-electron chi connectivity index (χ3n) is 4.56. The lowest BCUT2D eigenvalue weighted by atomic mass is 9.95. The largest absolute Gasteiger partial charge is 0.494 e.